The molecule has 1 atom stereocenters. The summed E-state index contributed by atoms with van der Waals surface area (Å²) >= 11 is 0. The van der Waals surface area contributed by atoms with Gasteiger partial charge in [-0.25, -0.2) is 9.67 Å². The van der Waals surface area contributed by atoms with E-state index in [-0.39, 0.29) is 11.9 Å². The third-order valence-electron chi connectivity index (χ3n) is 4.32. The van der Waals surface area contributed by atoms with E-state index in [9.17, 15) is 4.79 Å². The van der Waals surface area contributed by atoms with Gasteiger partial charge in [0.1, 0.15) is 18.3 Å². The van der Waals surface area contributed by atoms with E-state index in [4.69, 9.17) is 0 Å². The first-order valence-corrected chi connectivity index (χ1v) is 8.57. The highest BCUT2D eigenvalue weighted by molar-refractivity contribution is 5.93. The van der Waals surface area contributed by atoms with Crippen LogP contribution in [-0.2, 0) is 0 Å². The summed E-state index contributed by atoms with van der Waals surface area (Å²) in [6.07, 6.45) is 3.13. The zero-order valence-corrected chi connectivity index (χ0v) is 14.7. The van der Waals surface area contributed by atoms with E-state index >= 15 is 0 Å². The normalized spacial score (nSPS) is 11.9. The van der Waals surface area contributed by atoms with Crippen LogP contribution in [0.5, 0.6) is 0 Å². The average Bonchev–Trinajstić information content (AvgIpc) is 3.41. The van der Waals surface area contributed by atoms with Gasteiger partial charge in [-0.05, 0) is 30.7 Å². The molecule has 2 heterocycles. The Bertz CT molecular complexity index is 1020. The highest BCUT2D eigenvalue weighted by Crippen LogP contribution is 2.18. The van der Waals surface area contributed by atoms with Crippen molar-refractivity contribution in [1.29, 1.82) is 0 Å². The van der Waals surface area contributed by atoms with E-state index in [0.717, 1.165) is 22.5 Å². The fourth-order valence-electron chi connectivity index (χ4n) is 2.81. The van der Waals surface area contributed by atoms with Crippen molar-refractivity contribution >= 4 is 5.91 Å². The van der Waals surface area contributed by atoms with Gasteiger partial charge in [0.15, 0.2) is 0 Å². The molecule has 7 nitrogen and oxygen atoms in total. The van der Waals surface area contributed by atoms with Crippen molar-refractivity contribution in [2.75, 3.05) is 0 Å². The molecule has 2 aromatic carbocycles. The molecule has 0 saturated carbocycles. The molecule has 0 bridgehead atoms. The highest BCUT2D eigenvalue weighted by Gasteiger charge is 2.14. The SMILES string of the molecule is C[C@H](NC(=O)c1cc(-c2ccccc2)n[nH]1)c1ccc(-n2cncn2)cc1. The Hall–Kier alpha value is -3.74. The second-order valence-electron chi connectivity index (χ2n) is 6.16. The monoisotopic (exact) mass is 358 g/mol. The van der Waals surface area contributed by atoms with Gasteiger partial charge in [0.05, 0.1) is 17.4 Å². The fraction of sp³-hybridized carbons (Fsp3) is 0.100. The molecule has 4 aromatic rings. The second kappa shape index (κ2) is 7.25. The van der Waals surface area contributed by atoms with Gasteiger partial charge in [0, 0.05) is 5.56 Å². The van der Waals surface area contributed by atoms with E-state index in [1.165, 1.54) is 6.33 Å². The number of rotatable bonds is 5. The van der Waals surface area contributed by atoms with Gasteiger partial charge in [-0.15, -0.1) is 0 Å². The minimum absolute atomic E-state index is 0.147. The number of hydrogen-bond acceptors (Lipinski definition) is 4. The molecule has 27 heavy (non-hydrogen) atoms. The average molecular weight is 358 g/mol. The minimum Gasteiger partial charge on any atom is -0.344 e. The number of nitrogens with zero attached hydrogens (tertiary/aromatic N) is 4. The summed E-state index contributed by atoms with van der Waals surface area (Å²) in [5, 5.41) is 14.1. The van der Waals surface area contributed by atoms with Crippen molar-refractivity contribution in [1.82, 2.24) is 30.3 Å². The summed E-state index contributed by atoms with van der Waals surface area (Å²) < 4.78 is 1.68. The molecule has 4 rings (SSSR count). The summed E-state index contributed by atoms with van der Waals surface area (Å²) in [7, 11) is 0. The maximum absolute atomic E-state index is 12.5. The lowest BCUT2D eigenvalue weighted by molar-refractivity contribution is 0.0935. The molecular formula is C20H18N6O. The number of aromatic amines is 1. The van der Waals surface area contributed by atoms with Crippen LogP contribution < -0.4 is 5.32 Å². The summed E-state index contributed by atoms with van der Waals surface area (Å²) in [5.74, 6) is -0.197. The molecule has 0 aliphatic rings. The number of carbonyl (C=O) groups excluding carboxylic acids is 1. The Labute approximate surface area is 156 Å². The molecule has 2 aromatic heterocycles. The number of amides is 1. The van der Waals surface area contributed by atoms with Crippen LogP contribution in [0, 0.1) is 0 Å². The van der Waals surface area contributed by atoms with Crippen molar-refractivity contribution in [2.24, 2.45) is 0 Å². The molecule has 7 heteroatoms. The standard InChI is InChI=1S/C20H18N6O/c1-14(15-7-9-17(10-8-15)26-13-21-12-22-26)23-20(27)19-11-18(24-25-19)16-5-3-2-4-6-16/h2-14H,1H3,(H,23,27)(H,24,25)/t14-/m0/s1. The van der Waals surface area contributed by atoms with Crippen molar-refractivity contribution < 1.29 is 4.79 Å². The second-order valence-corrected chi connectivity index (χ2v) is 6.16. The van der Waals surface area contributed by atoms with Gasteiger partial charge in [0.25, 0.3) is 5.91 Å². The van der Waals surface area contributed by atoms with E-state index in [1.54, 1.807) is 17.1 Å². The zero-order valence-electron chi connectivity index (χ0n) is 14.7. The molecule has 0 spiro atoms. The van der Waals surface area contributed by atoms with E-state index in [0.29, 0.717) is 5.69 Å². The van der Waals surface area contributed by atoms with Gasteiger partial charge in [0.2, 0.25) is 0 Å². The molecule has 134 valence electrons. The van der Waals surface area contributed by atoms with E-state index in [1.807, 2.05) is 61.5 Å². The summed E-state index contributed by atoms with van der Waals surface area (Å²) in [6, 6.07) is 19.1. The number of nitrogens with one attached hydrogen (secondary N) is 2. The lowest BCUT2D eigenvalue weighted by atomic mass is 10.1. The van der Waals surface area contributed by atoms with E-state index in [2.05, 4.69) is 25.6 Å². The van der Waals surface area contributed by atoms with Gasteiger partial charge < -0.3 is 5.32 Å². The van der Waals surface area contributed by atoms with Crippen LogP contribution >= 0.6 is 0 Å². The first-order valence-electron chi connectivity index (χ1n) is 8.57. The van der Waals surface area contributed by atoms with Gasteiger partial charge in [-0.3, -0.25) is 9.89 Å². The molecule has 1 amide bonds. The van der Waals surface area contributed by atoms with E-state index < -0.39 is 0 Å². The quantitative estimate of drug-likeness (QED) is 0.574. The zero-order chi connectivity index (χ0) is 18.6. The predicted molar refractivity (Wildman–Crippen MR) is 101 cm³/mol. The summed E-state index contributed by atoms with van der Waals surface area (Å²) in [6.45, 7) is 1.94. The van der Waals surface area contributed by atoms with Crippen LogP contribution in [0.3, 0.4) is 0 Å². The first kappa shape index (κ1) is 16.7. The number of aromatic nitrogens is 5. The maximum atomic E-state index is 12.5. The number of H-pyrrole nitrogens is 1. The van der Waals surface area contributed by atoms with Crippen LogP contribution in [0.2, 0.25) is 0 Å². The molecule has 0 saturated heterocycles. The van der Waals surface area contributed by atoms with Crippen LogP contribution in [0.1, 0.15) is 29.0 Å². The Balaban J connectivity index is 1.44. The summed E-state index contributed by atoms with van der Waals surface area (Å²) in [5.41, 5.74) is 4.04. The third kappa shape index (κ3) is 3.62. The van der Waals surface area contributed by atoms with Gasteiger partial charge in [-0.1, -0.05) is 42.5 Å². The van der Waals surface area contributed by atoms with Crippen LogP contribution in [0.15, 0.2) is 73.3 Å². The highest BCUT2D eigenvalue weighted by atomic mass is 16.2. The van der Waals surface area contributed by atoms with Crippen molar-refractivity contribution in [2.45, 2.75) is 13.0 Å². The topological polar surface area (TPSA) is 88.5 Å². The number of benzene rings is 2. The largest absolute Gasteiger partial charge is 0.344 e. The van der Waals surface area contributed by atoms with Crippen LogP contribution in [-0.4, -0.2) is 30.9 Å². The van der Waals surface area contributed by atoms with Crippen molar-refractivity contribution in [3.63, 3.8) is 0 Å². The molecule has 2 N–H and O–H groups in total. The van der Waals surface area contributed by atoms with Gasteiger partial charge >= 0.3 is 0 Å². The first-order chi connectivity index (χ1) is 13.2. The minimum atomic E-state index is -0.197. The maximum Gasteiger partial charge on any atom is 0.269 e. The lowest BCUT2D eigenvalue weighted by Crippen LogP contribution is -2.26. The molecule has 0 aliphatic heterocycles. The molecular weight excluding hydrogens is 340 g/mol. The smallest absolute Gasteiger partial charge is 0.269 e. The number of hydrogen-bond donors (Lipinski definition) is 2. The van der Waals surface area contributed by atoms with Crippen molar-refractivity contribution in [3.05, 3.63) is 84.6 Å². The Morgan fingerprint density at radius 2 is 1.89 bits per heavy atom. The number of carbonyl (C=O) groups is 1. The predicted octanol–water partition coefficient (Wildman–Crippen LogP) is 3.15. The van der Waals surface area contributed by atoms with Crippen molar-refractivity contribution in [3.8, 4) is 16.9 Å². The third-order valence-corrected chi connectivity index (χ3v) is 4.32. The Morgan fingerprint density at radius 3 is 2.59 bits per heavy atom. The molecule has 0 aliphatic carbocycles. The van der Waals surface area contributed by atoms with Crippen LogP contribution in [0.25, 0.3) is 16.9 Å². The molecule has 0 fully saturated rings. The lowest BCUT2D eigenvalue weighted by Gasteiger charge is -2.14. The Kier molecular flexibility index (Phi) is 4.49. The summed E-state index contributed by atoms with van der Waals surface area (Å²) in [4.78, 5) is 16.5. The van der Waals surface area contributed by atoms with Gasteiger partial charge in [-0.2, -0.15) is 10.2 Å². The molecule has 0 unspecified atom stereocenters. The van der Waals surface area contributed by atoms with Crippen LogP contribution in [0.4, 0.5) is 0 Å². The Morgan fingerprint density at radius 1 is 1.11 bits per heavy atom. The fourth-order valence-corrected chi connectivity index (χ4v) is 2.81. The molecule has 0 radical (unpaired) electrons.